The van der Waals surface area contributed by atoms with E-state index >= 15 is 0 Å². The topological polar surface area (TPSA) is 97.0 Å². The smallest absolute Gasteiger partial charge is 0.255 e. The molecule has 0 unspecified atom stereocenters. The van der Waals surface area contributed by atoms with E-state index in [1.807, 2.05) is 30.3 Å². The second kappa shape index (κ2) is 12.7. The highest BCUT2D eigenvalue weighted by molar-refractivity contribution is 6.31. The zero-order chi connectivity index (χ0) is 23.5. The van der Waals surface area contributed by atoms with Gasteiger partial charge in [-0.2, -0.15) is 0 Å². The molecular formula is C24H28ClN3O5. The first-order valence-electron chi connectivity index (χ1n) is 11.0. The maximum absolute atomic E-state index is 12.7. The van der Waals surface area contributed by atoms with Gasteiger partial charge < -0.3 is 25.0 Å². The zero-order valence-electron chi connectivity index (χ0n) is 18.3. The highest BCUT2D eigenvalue weighted by Crippen LogP contribution is 2.23. The highest BCUT2D eigenvalue weighted by atomic mass is 35.5. The minimum Gasteiger partial charge on any atom is -0.494 e. The third kappa shape index (κ3) is 7.98. The van der Waals surface area contributed by atoms with Gasteiger partial charge in [-0.05, 0) is 43.2 Å². The molecule has 3 rings (SSSR count). The Morgan fingerprint density at radius 2 is 1.91 bits per heavy atom. The van der Waals surface area contributed by atoms with Gasteiger partial charge in [-0.15, -0.1) is 0 Å². The van der Waals surface area contributed by atoms with Gasteiger partial charge in [-0.1, -0.05) is 29.8 Å². The number of hydrogen-bond acceptors (Lipinski definition) is 5. The molecule has 2 aromatic rings. The Hall–Kier alpha value is -3.26. The van der Waals surface area contributed by atoms with Gasteiger partial charge >= 0.3 is 0 Å². The molecule has 0 aromatic heterocycles. The van der Waals surface area contributed by atoms with Crippen molar-refractivity contribution >= 4 is 29.3 Å². The van der Waals surface area contributed by atoms with Crippen LogP contribution in [0.3, 0.4) is 0 Å². The van der Waals surface area contributed by atoms with Crippen LogP contribution in [-0.4, -0.2) is 62.0 Å². The molecule has 2 N–H and O–H groups in total. The van der Waals surface area contributed by atoms with Gasteiger partial charge in [0.25, 0.3) is 5.91 Å². The van der Waals surface area contributed by atoms with Gasteiger partial charge in [0.1, 0.15) is 18.1 Å². The first-order chi connectivity index (χ1) is 16.0. The lowest BCUT2D eigenvalue weighted by Gasteiger charge is -2.23. The minimum absolute atomic E-state index is 0.0431. The number of para-hydroxylation sites is 1. The maximum atomic E-state index is 12.7. The number of nitrogens with one attached hydrogen (secondary N) is 2. The average molecular weight is 474 g/mol. The van der Waals surface area contributed by atoms with Crippen molar-refractivity contribution in [2.24, 2.45) is 0 Å². The molecular weight excluding hydrogens is 446 g/mol. The standard InChI is InChI=1S/C24H28ClN3O5/c25-18-9-10-21-20(16-18)24(31)27-11-5-13-28(17-22(29)26-12-15-33-21)23(30)8-4-14-32-19-6-2-1-3-7-19/h1-3,6-7,9-10,16H,4-5,8,11-15,17H2,(H,26,29)(H,27,31). The minimum atomic E-state index is -0.301. The van der Waals surface area contributed by atoms with E-state index in [0.717, 1.165) is 5.75 Å². The molecule has 0 atom stereocenters. The predicted molar refractivity (Wildman–Crippen MR) is 125 cm³/mol. The molecule has 3 amide bonds. The molecule has 0 fully saturated rings. The monoisotopic (exact) mass is 473 g/mol. The summed E-state index contributed by atoms with van der Waals surface area (Å²) in [7, 11) is 0. The van der Waals surface area contributed by atoms with Gasteiger partial charge in [0.15, 0.2) is 0 Å². The second-order valence-corrected chi connectivity index (χ2v) is 7.97. The van der Waals surface area contributed by atoms with Crippen LogP contribution in [0.25, 0.3) is 0 Å². The quantitative estimate of drug-likeness (QED) is 0.651. The summed E-state index contributed by atoms with van der Waals surface area (Å²) in [4.78, 5) is 39.2. The molecule has 9 heteroatoms. The molecule has 0 bridgehead atoms. The molecule has 1 aliphatic rings. The van der Waals surface area contributed by atoms with Gasteiger partial charge in [-0.25, -0.2) is 0 Å². The summed E-state index contributed by atoms with van der Waals surface area (Å²) in [6, 6.07) is 14.2. The lowest BCUT2D eigenvalue weighted by atomic mass is 10.2. The van der Waals surface area contributed by atoms with Crippen molar-refractivity contribution in [2.75, 3.05) is 39.4 Å². The number of hydrogen-bond donors (Lipinski definition) is 2. The van der Waals surface area contributed by atoms with Crippen LogP contribution in [0.15, 0.2) is 48.5 Å². The highest BCUT2D eigenvalue weighted by Gasteiger charge is 2.18. The maximum Gasteiger partial charge on any atom is 0.255 e. The predicted octanol–water partition coefficient (Wildman–Crippen LogP) is 2.66. The third-order valence-electron chi connectivity index (χ3n) is 4.99. The van der Waals surface area contributed by atoms with Crippen LogP contribution in [0, 0.1) is 0 Å². The molecule has 0 spiro atoms. The Labute approximate surface area is 198 Å². The molecule has 1 heterocycles. The average Bonchev–Trinajstić information content (AvgIpc) is 2.82. The fourth-order valence-electron chi connectivity index (χ4n) is 3.33. The van der Waals surface area contributed by atoms with Gasteiger partial charge in [-0.3, -0.25) is 14.4 Å². The lowest BCUT2D eigenvalue weighted by Crippen LogP contribution is -2.43. The van der Waals surface area contributed by atoms with E-state index in [9.17, 15) is 14.4 Å². The summed E-state index contributed by atoms with van der Waals surface area (Å²) in [6.45, 7) is 1.48. The Bertz CT molecular complexity index is 954. The molecule has 1 aliphatic heterocycles. The van der Waals surface area contributed by atoms with Crippen LogP contribution < -0.4 is 20.1 Å². The molecule has 2 aromatic carbocycles. The van der Waals surface area contributed by atoms with E-state index in [4.69, 9.17) is 21.1 Å². The fourth-order valence-corrected chi connectivity index (χ4v) is 3.51. The van der Waals surface area contributed by atoms with E-state index in [0.29, 0.717) is 48.9 Å². The summed E-state index contributed by atoms with van der Waals surface area (Å²) >= 11 is 6.03. The van der Waals surface area contributed by atoms with Crippen LogP contribution in [-0.2, 0) is 9.59 Å². The van der Waals surface area contributed by atoms with Crippen molar-refractivity contribution in [3.8, 4) is 11.5 Å². The summed E-state index contributed by atoms with van der Waals surface area (Å²) in [6.07, 6.45) is 1.30. The first-order valence-corrected chi connectivity index (χ1v) is 11.3. The van der Waals surface area contributed by atoms with Crippen LogP contribution >= 0.6 is 11.6 Å². The SMILES string of the molecule is O=C1CN(C(=O)CCCOc2ccccc2)CCCNC(=O)c2cc(Cl)ccc2OCCN1. The second-order valence-electron chi connectivity index (χ2n) is 7.53. The van der Waals surface area contributed by atoms with Crippen molar-refractivity contribution < 1.29 is 23.9 Å². The largest absolute Gasteiger partial charge is 0.494 e. The van der Waals surface area contributed by atoms with Crippen molar-refractivity contribution in [1.82, 2.24) is 15.5 Å². The number of carbonyl (C=O) groups excluding carboxylic acids is 3. The Morgan fingerprint density at radius 1 is 1.09 bits per heavy atom. The lowest BCUT2D eigenvalue weighted by molar-refractivity contribution is -0.136. The number of benzene rings is 2. The number of rotatable bonds is 5. The number of amides is 3. The van der Waals surface area contributed by atoms with Gasteiger partial charge in [0, 0.05) is 24.5 Å². The number of carbonyl (C=O) groups is 3. The summed E-state index contributed by atoms with van der Waals surface area (Å²) in [5, 5.41) is 6.01. The molecule has 0 saturated carbocycles. The van der Waals surface area contributed by atoms with Crippen LogP contribution in [0.4, 0.5) is 0 Å². The van der Waals surface area contributed by atoms with E-state index in [1.165, 1.54) is 4.90 Å². The first kappa shape index (κ1) is 24.4. The molecule has 8 nitrogen and oxygen atoms in total. The molecule has 0 saturated heterocycles. The summed E-state index contributed by atoms with van der Waals surface area (Å²) < 4.78 is 11.3. The Morgan fingerprint density at radius 3 is 2.73 bits per heavy atom. The van der Waals surface area contributed by atoms with E-state index in [2.05, 4.69) is 10.6 Å². The van der Waals surface area contributed by atoms with Crippen molar-refractivity contribution in [2.45, 2.75) is 19.3 Å². The van der Waals surface area contributed by atoms with Crippen LogP contribution in [0.2, 0.25) is 5.02 Å². The Balaban J connectivity index is 1.54. The van der Waals surface area contributed by atoms with E-state index in [-0.39, 0.29) is 43.8 Å². The van der Waals surface area contributed by atoms with E-state index < -0.39 is 0 Å². The van der Waals surface area contributed by atoms with Gasteiger partial charge in [0.2, 0.25) is 11.8 Å². The zero-order valence-corrected chi connectivity index (χ0v) is 19.1. The molecule has 33 heavy (non-hydrogen) atoms. The number of ether oxygens (including phenoxy) is 2. The van der Waals surface area contributed by atoms with Crippen molar-refractivity contribution in [3.63, 3.8) is 0 Å². The van der Waals surface area contributed by atoms with Crippen LogP contribution in [0.5, 0.6) is 11.5 Å². The fraction of sp³-hybridized carbons (Fsp3) is 0.375. The number of halogens is 1. The molecule has 0 radical (unpaired) electrons. The summed E-state index contributed by atoms with van der Waals surface area (Å²) in [5.41, 5.74) is 0.331. The molecule has 176 valence electrons. The van der Waals surface area contributed by atoms with Gasteiger partial charge in [0.05, 0.1) is 25.3 Å². The third-order valence-corrected chi connectivity index (χ3v) is 5.23. The molecule has 0 aliphatic carbocycles. The van der Waals surface area contributed by atoms with Crippen LogP contribution in [0.1, 0.15) is 29.6 Å². The van der Waals surface area contributed by atoms with Crippen molar-refractivity contribution in [1.29, 1.82) is 0 Å². The number of nitrogens with zero attached hydrogens (tertiary/aromatic N) is 1. The van der Waals surface area contributed by atoms with Crippen molar-refractivity contribution in [3.05, 3.63) is 59.1 Å². The normalized spacial score (nSPS) is 15.4. The Kier molecular flexibility index (Phi) is 9.38. The summed E-state index contributed by atoms with van der Waals surface area (Å²) in [5.74, 6) is 0.462. The number of fused-ring (bicyclic) bond motifs is 1. The van der Waals surface area contributed by atoms with E-state index in [1.54, 1.807) is 18.2 Å².